The van der Waals surface area contributed by atoms with Gasteiger partial charge in [-0.05, 0) is 6.07 Å². The molecule has 1 aromatic heterocycles. The van der Waals surface area contributed by atoms with Crippen LogP contribution in [0.1, 0.15) is 20.7 Å². The molecule has 0 saturated carbocycles. The number of nitrogens with zero attached hydrogens (tertiary/aromatic N) is 3. The smallest absolute Gasteiger partial charge is 0.338 e. The van der Waals surface area contributed by atoms with Gasteiger partial charge < -0.3 is 10.8 Å². The molecular weight excluding hydrogens is 268 g/mol. The van der Waals surface area contributed by atoms with Gasteiger partial charge in [0.05, 0.1) is 27.9 Å². The van der Waals surface area contributed by atoms with E-state index >= 15 is 0 Å². The number of hydrogen-bond donors (Lipinski definition) is 2. The quantitative estimate of drug-likeness (QED) is 0.617. The van der Waals surface area contributed by atoms with Crippen LogP contribution < -0.4 is 5.73 Å². The second kappa shape index (κ2) is 4.80. The third kappa shape index (κ3) is 2.32. The van der Waals surface area contributed by atoms with E-state index in [2.05, 4.69) is 5.10 Å². The molecule has 2 rings (SSSR count). The van der Waals surface area contributed by atoms with Crippen LogP contribution in [0.4, 0.5) is 5.69 Å². The third-order valence-electron chi connectivity index (χ3n) is 2.54. The Morgan fingerprint density at radius 2 is 2.10 bits per heavy atom. The number of carbonyl (C=O) groups is 2. The van der Waals surface area contributed by atoms with Crippen LogP contribution >= 0.6 is 0 Å². The maximum absolute atomic E-state index is 11.2. The fourth-order valence-corrected chi connectivity index (χ4v) is 1.59. The molecule has 0 bridgehead atoms. The summed E-state index contributed by atoms with van der Waals surface area (Å²) in [7, 11) is 0. The van der Waals surface area contributed by atoms with Crippen LogP contribution in [-0.4, -0.2) is 31.7 Å². The molecule has 0 aliphatic carbocycles. The topological polar surface area (TPSA) is 141 Å². The molecule has 0 radical (unpaired) electrons. The molecule has 0 spiro atoms. The number of amides is 1. The summed E-state index contributed by atoms with van der Waals surface area (Å²) in [4.78, 5) is 32.1. The lowest BCUT2D eigenvalue weighted by molar-refractivity contribution is -0.384. The van der Waals surface area contributed by atoms with Crippen LogP contribution in [0.15, 0.2) is 30.6 Å². The Morgan fingerprint density at radius 3 is 2.60 bits per heavy atom. The van der Waals surface area contributed by atoms with Crippen molar-refractivity contribution >= 4 is 17.6 Å². The summed E-state index contributed by atoms with van der Waals surface area (Å²) < 4.78 is 1.12. The molecule has 102 valence electrons. The highest BCUT2D eigenvalue weighted by atomic mass is 16.6. The van der Waals surface area contributed by atoms with Crippen LogP contribution in [0.25, 0.3) is 5.69 Å². The van der Waals surface area contributed by atoms with Crippen LogP contribution in [0.5, 0.6) is 0 Å². The summed E-state index contributed by atoms with van der Waals surface area (Å²) in [6.45, 7) is 0. The molecule has 0 atom stereocenters. The van der Waals surface area contributed by atoms with Crippen molar-refractivity contribution in [2.45, 2.75) is 0 Å². The Morgan fingerprint density at radius 1 is 1.40 bits per heavy atom. The number of rotatable bonds is 4. The first-order valence-electron chi connectivity index (χ1n) is 5.26. The van der Waals surface area contributed by atoms with Gasteiger partial charge in [0.25, 0.3) is 11.6 Å². The molecule has 1 aromatic carbocycles. The number of aromatic nitrogens is 2. The molecule has 2 aromatic rings. The molecule has 3 N–H and O–H groups in total. The van der Waals surface area contributed by atoms with E-state index in [9.17, 15) is 19.7 Å². The molecule has 0 fully saturated rings. The van der Waals surface area contributed by atoms with E-state index in [1.54, 1.807) is 0 Å². The van der Waals surface area contributed by atoms with Crippen LogP contribution in [0.2, 0.25) is 0 Å². The number of carboxylic acid groups (broad SMARTS) is 1. The number of primary amides is 1. The van der Waals surface area contributed by atoms with E-state index in [0.717, 1.165) is 16.8 Å². The van der Waals surface area contributed by atoms with Crippen molar-refractivity contribution in [2.24, 2.45) is 5.73 Å². The summed E-state index contributed by atoms with van der Waals surface area (Å²) in [6.07, 6.45) is 2.42. The first-order chi connectivity index (χ1) is 9.40. The van der Waals surface area contributed by atoms with E-state index in [-0.39, 0.29) is 22.5 Å². The lowest BCUT2D eigenvalue weighted by atomic mass is 10.1. The number of hydrogen-bond acceptors (Lipinski definition) is 5. The highest BCUT2D eigenvalue weighted by Crippen LogP contribution is 2.21. The maximum atomic E-state index is 11.2. The van der Waals surface area contributed by atoms with Crippen molar-refractivity contribution in [1.29, 1.82) is 0 Å². The maximum Gasteiger partial charge on any atom is 0.338 e. The van der Waals surface area contributed by atoms with E-state index in [1.807, 2.05) is 0 Å². The average molecular weight is 276 g/mol. The second-order valence-electron chi connectivity index (χ2n) is 3.80. The predicted molar refractivity (Wildman–Crippen MR) is 65.7 cm³/mol. The molecular formula is C11H8N4O5. The third-order valence-corrected chi connectivity index (χ3v) is 2.54. The van der Waals surface area contributed by atoms with Gasteiger partial charge in [0, 0.05) is 18.3 Å². The number of aromatic carboxylic acids is 1. The van der Waals surface area contributed by atoms with E-state index < -0.39 is 16.8 Å². The zero-order valence-electron chi connectivity index (χ0n) is 9.89. The first-order valence-corrected chi connectivity index (χ1v) is 5.26. The van der Waals surface area contributed by atoms with Crippen molar-refractivity contribution in [2.75, 3.05) is 0 Å². The van der Waals surface area contributed by atoms with Gasteiger partial charge in [-0.3, -0.25) is 14.9 Å². The average Bonchev–Trinajstić information content (AvgIpc) is 2.87. The van der Waals surface area contributed by atoms with Gasteiger partial charge in [0.1, 0.15) is 0 Å². The number of nitro benzene ring substituents is 1. The monoisotopic (exact) mass is 276 g/mol. The van der Waals surface area contributed by atoms with Gasteiger partial charge in [0.2, 0.25) is 0 Å². The lowest BCUT2D eigenvalue weighted by Gasteiger charge is -2.05. The molecule has 9 heteroatoms. The van der Waals surface area contributed by atoms with Crippen LogP contribution in [0.3, 0.4) is 0 Å². The van der Waals surface area contributed by atoms with Gasteiger partial charge >= 0.3 is 5.97 Å². The number of non-ortho nitro benzene ring substituents is 1. The zero-order chi connectivity index (χ0) is 14.9. The molecule has 20 heavy (non-hydrogen) atoms. The van der Waals surface area contributed by atoms with Gasteiger partial charge in [-0.1, -0.05) is 0 Å². The van der Waals surface area contributed by atoms with Crippen molar-refractivity contribution in [3.8, 4) is 5.69 Å². The first kappa shape index (κ1) is 13.2. The Balaban J connectivity index is 2.57. The van der Waals surface area contributed by atoms with Gasteiger partial charge in [-0.2, -0.15) is 5.10 Å². The van der Waals surface area contributed by atoms with Crippen LogP contribution in [-0.2, 0) is 0 Å². The molecule has 1 amide bonds. The molecule has 0 unspecified atom stereocenters. The highest BCUT2D eigenvalue weighted by molar-refractivity contribution is 5.94. The highest BCUT2D eigenvalue weighted by Gasteiger charge is 2.18. The Labute approximate surface area is 111 Å². The minimum atomic E-state index is -1.35. The summed E-state index contributed by atoms with van der Waals surface area (Å²) in [5, 5.41) is 23.5. The summed E-state index contributed by atoms with van der Waals surface area (Å²) in [6, 6.07) is 3.30. The molecule has 0 aliphatic heterocycles. The minimum Gasteiger partial charge on any atom is -0.478 e. The second-order valence-corrected chi connectivity index (χ2v) is 3.80. The van der Waals surface area contributed by atoms with Gasteiger partial charge in [0.15, 0.2) is 0 Å². The molecule has 9 nitrogen and oxygen atoms in total. The fraction of sp³-hybridized carbons (Fsp3) is 0. The van der Waals surface area contributed by atoms with Gasteiger partial charge in [-0.25, -0.2) is 9.48 Å². The normalized spacial score (nSPS) is 10.2. The number of carbonyl (C=O) groups excluding carboxylic acids is 1. The molecule has 1 heterocycles. The van der Waals surface area contributed by atoms with Gasteiger partial charge in [-0.15, -0.1) is 0 Å². The Hall–Kier alpha value is -3.23. The lowest BCUT2D eigenvalue weighted by Crippen LogP contribution is -2.10. The summed E-state index contributed by atoms with van der Waals surface area (Å²) >= 11 is 0. The SMILES string of the molecule is NC(=O)c1cnn(-c2ccc([N+](=O)[O-])cc2C(=O)O)c1. The van der Waals surface area contributed by atoms with Crippen LogP contribution in [0, 0.1) is 10.1 Å². The predicted octanol–water partition coefficient (Wildman–Crippen LogP) is 0.578. The standard InChI is InChI=1S/C11H8N4O5/c12-10(16)6-4-13-14(5-6)9-2-1-7(15(19)20)3-8(9)11(17)18/h1-5H,(H2,12,16)(H,17,18). The minimum absolute atomic E-state index is 0.0931. The number of carboxylic acids is 1. The molecule has 0 saturated heterocycles. The summed E-state index contributed by atoms with van der Waals surface area (Å²) in [5.74, 6) is -2.06. The number of nitro groups is 1. The van der Waals surface area contributed by atoms with E-state index in [4.69, 9.17) is 10.8 Å². The van der Waals surface area contributed by atoms with E-state index in [0.29, 0.717) is 0 Å². The zero-order valence-corrected chi connectivity index (χ0v) is 9.89. The van der Waals surface area contributed by atoms with Crippen molar-refractivity contribution in [3.63, 3.8) is 0 Å². The number of nitrogens with two attached hydrogens (primary N) is 1. The van der Waals surface area contributed by atoms with Crippen molar-refractivity contribution in [3.05, 3.63) is 51.8 Å². The molecule has 0 aliphatic rings. The van der Waals surface area contributed by atoms with Crippen molar-refractivity contribution in [1.82, 2.24) is 9.78 Å². The van der Waals surface area contributed by atoms with E-state index in [1.165, 1.54) is 18.5 Å². The largest absolute Gasteiger partial charge is 0.478 e. The Bertz CT molecular complexity index is 721. The summed E-state index contributed by atoms with van der Waals surface area (Å²) in [5.41, 5.74) is 4.60. The Kier molecular flexibility index (Phi) is 3.17. The number of benzene rings is 1. The van der Waals surface area contributed by atoms with Crippen molar-refractivity contribution < 1.29 is 19.6 Å². The fourth-order valence-electron chi connectivity index (χ4n) is 1.59.